The number of hydrogen-bond donors (Lipinski definition) is 1. The number of nitrogens with two attached hydrogens (primary N) is 1. The zero-order chi connectivity index (χ0) is 14.8. The Morgan fingerprint density at radius 1 is 1.37 bits per heavy atom. The quantitative estimate of drug-likeness (QED) is 0.669. The number of nitro benzene ring substituents is 1. The van der Waals surface area contributed by atoms with Gasteiger partial charge in [-0.25, -0.2) is 4.79 Å². The first-order valence-corrected chi connectivity index (χ1v) is 5.51. The van der Waals surface area contributed by atoms with Crippen molar-refractivity contribution in [1.82, 2.24) is 0 Å². The largest absolute Gasteiger partial charge is 0.497 e. The molecule has 1 aromatic carbocycles. The van der Waals surface area contributed by atoms with Crippen LogP contribution in [0.5, 0.6) is 11.5 Å². The van der Waals surface area contributed by atoms with Crippen LogP contribution < -0.4 is 15.2 Å². The molecular formula is C12H16N2O5. The third-order valence-electron chi connectivity index (χ3n) is 2.49. The van der Waals surface area contributed by atoms with E-state index >= 15 is 0 Å². The molecule has 19 heavy (non-hydrogen) atoms. The highest BCUT2D eigenvalue weighted by Gasteiger charge is 2.31. The van der Waals surface area contributed by atoms with Gasteiger partial charge in [-0.05, 0) is 11.5 Å². The standard InChI is InChI=1S/C12H16N2O5/c1-12(2,3)8-5-7(18-4)6-9(19-11(13)15)10(8)14(16)17/h5-6H,1-4H3,(H2,13,15). The van der Waals surface area contributed by atoms with Gasteiger partial charge in [-0.1, -0.05) is 20.8 Å². The van der Waals surface area contributed by atoms with Gasteiger partial charge in [0.25, 0.3) is 0 Å². The Bertz CT molecular complexity index is 520. The summed E-state index contributed by atoms with van der Waals surface area (Å²) >= 11 is 0. The van der Waals surface area contributed by atoms with Gasteiger partial charge >= 0.3 is 11.8 Å². The van der Waals surface area contributed by atoms with E-state index in [4.69, 9.17) is 15.2 Å². The molecule has 104 valence electrons. The van der Waals surface area contributed by atoms with Crippen LogP contribution in [-0.2, 0) is 5.41 Å². The van der Waals surface area contributed by atoms with E-state index in [1.807, 2.05) is 20.8 Å². The molecule has 7 heteroatoms. The van der Waals surface area contributed by atoms with Gasteiger partial charge in [-0.3, -0.25) is 10.1 Å². The first-order valence-electron chi connectivity index (χ1n) is 5.51. The molecule has 0 fully saturated rings. The van der Waals surface area contributed by atoms with Gasteiger partial charge in [0.1, 0.15) is 5.75 Å². The average Bonchev–Trinajstić information content (AvgIpc) is 2.25. The van der Waals surface area contributed by atoms with Crippen LogP contribution in [0.2, 0.25) is 0 Å². The molecule has 0 atom stereocenters. The van der Waals surface area contributed by atoms with Crippen molar-refractivity contribution in [2.75, 3.05) is 7.11 Å². The summed E-state index contributed by atoms with van der Waals surface area (Å²) in [5.41, 5.74) is 4.51. The predicted octanol–water partition coefficient (Wildman–Crippen LogP) is 2.36. The van der Waals surface area contributed by atoms with Crippen LogP contribution in [0.25, 0.3) is 0 Å². The molecule has 0 aromatic heterocycles. The lowest BCUT2D eigenvalue weighted by Crippen LogP contribution is -2.19. The molecule has 1 rings (SSSR count). The highest BCUT2D eigenvalue weighted by atomic mass is 16.6. The summed E-state index contributed by atoms with van der Waals surface area (Å²) in [5, 5.41) is 11.2. The minimum atomic E-state index is -1.11. The maximum Gasteiger partial charge on any atom is 0.410 e. The van der Waals surface area contributed by atoms with E-state index in [2.05, 4.69) is 0 Å². The van der Waals surface area contributed by atoms with Crippen molar-refractivity contribution < 1.29 is 19.2 Å². The number of ether oxygens (including phenoxy) is 2. The van der Waals surface area contributed by atoms with E-state index < -0.39 is 16.4 Å². The van der Waals surface area contributed by atoms with Crippen molar-refractivity contribution in [2.45, 2.75) is 26.2 Å². The van der Waals surface area contributed by atoms with Crippen LogP contribution >= 0.6 is 0 Å². The smallest absolute Gasteiger partial charge is 0.410 e. The molecule has 0 bridgehead atoms. The van der Waals surface area contributed by atoms with Crippen molar-refractivity contribution in [2.24, 2.45) is 5.73 Å². The fraction of sp³-hybridized carbons (Fsp3) is 0.417. The molecule has 0 radical (unpaired) electrons. The predicted molar refractivity (Wildman–Crippen MR) is 68.6 cm³/mol. The van der Waals surface area contributed by atoms with Gasteiger partial charge in [-0.15, -0.1) is 0 Å². The number of nitro groups is 1. The van der Waals surface area contributed by atoms with Crippen LogP contribution in [0.1, 0.15) is 26.3 Å². The number of primary amides is 1. The molecule has 0 aliphatic carbocycles. The molecule has 0 aliphatic heterocycles. The van der Waals surface area contributed by atoms with Gasteiger partial charge < -0.3 is 15.2 Å². The summed E-state index contributed by atoms with van der Waals surface area (Å²) in [4.78, 5) is 21.4. The lowest BCUT2D eigenvalue weighted by atomic mass is 9.85. The fourth-order valence-electron chi connectivity index (χ4n) is 1.65. The molecule has 1 amide bonds. The van der Waals surface area contributed by atoms with Gasteiger partial charge in [0.15, 0.2) is 0 Å². The molecule has 0 unspecified atom stereocenters. The second kappa shape index (κ2) is 5.13. The first kappa shape index (κ1) is 14.7. The van der Waals surface area contributed by atoms with E-state index in [1.165, 1.54) is 13.2 Å². The first-order chi connectivity index (χ1) is 8.66. The number of methoxy groups -OCH3 is 1. The number of benzene rings is 1. The Balaban J connectivity index is 3.60. The number of carbonyl (C=O) groups is 1. The SMILES string of the molecule is COc1cc(OC(N)=O)c([N+](=O)[O-])c(C(C)(C)C)c1. The minimum absolute atomic E-state index is 0.221. The van der Waals surface area contributed by atoms with Gasteiger partial charge in [-0.2, -0.15) is 0 Å². The maximum atomic E-state index is 11.2. The molecule has 7 nitrogen and oxygen atoms in total. The van der Waals surface area contributed by atoms with Crippen LogP contribution in [-0.4, -0.2) is 18.1 Å². The maximum absolute atomic E-state index is 11.2. The average molecular weight is 268 g/mol. The Hall–Kier alpha value is -2.31. The highest BCUT2D eigenvalue weighted by molar-refractivity contribution is 5.72. The fourth-order valence-corrected chi connectivity index (χ4v) is 1.65. The Labute approximate surface area is 110 Å². The third-order valence-corrected chi connectivity index (χ3v) is 2.49. The molecular weight excluding hydrogens is 252 g/mol. The Morgan fingerprint density at radius 2 is 1.95 bits per heavy atom. The molecule has 0 aliphatic rings. The number of nitrogens with zero attached hydrogens (tertiary/aromatic N) is 1. The van der Waals surface area contributed by atoms with Crippen LogP contribution in [0.15, 0.2) is 12.1 Å². The number of carbonyl (C=O) groups excluding carboxylic acids is 1. The second-order valence-electron chi connectivity index (χ2n) is 4.95. The van der Waals surface area contributed by atoms with Crippen molar-refractivity contribution in [3.63, 3.8) is 0 Å². The third kappa shape index (κ3) is 3.34. The summed E-state index contributed by atoms with van der Waals surface area (Å²) < 4.78 is 9.75. The minimum Gasteiger partial charge on any atom is -0.497 e. The topological polar surface area (TPSA) is 105 Å². The summed E-state index contributed by atoms with van der Waals surface area (Å²) in [6.45, 7) is 5.43. The van der Waals surface area contributed by atoms with Crippen molar-refractivity contribution >= 4 is 11.8 Å². The lowest BCUT2D eigenvalue weighted by molar-refractivity contribution is -0.386. The highest BCUT2D eigenvalue weighted by Crippen LogP contribution is 2.41. The van der Waals surface area contributed by atoms with Gasteiger partial charge in [0.05, 0.1) is 12.0 Å². The van der Waals surface area contributed by atoms with E-state index in [9.17, 15) is 14.9 Å². The summed E-state index contributed by atoms with van der Waals surface area (Å²) in [5.74, 6) is 0.133. The van der Waals surface area contributed by atoms with Crippen molar-refractivity contribution in [3.05, 3.63) is 27.8 Å². The molecule has 1 aromatic rings. The van der Waals surface area contributed by atoms with Crippen molar-refractivity contribution in [1.29, 1.82) is 0 Å². The summed E-state index contributed by atoms with van der Waals surface area (Å²) in [6.07, 6.45) is -1.11. The molecule has 0 heterocycles. The number of hydrogen-bond acceptors (Lipinski definition) is 5. The summed E-state index contributed by atoms with van der Waals surface area (Å²) in [7, 11) is 1.42. The lowest BCUT2D eigenvalue weighted by Gasteiger charge is -2.20. The van der Waals surface area contributed by atoms with Crippen LogP contribution in [0.3, 0.4) is 0 Å². The Kier molecular flexibility index (Phi) is 3.98. The number of rotatable bonds is 3. The second-order valence-corrected chi connectivity index (χ2v) is 4.95. The molecule has 0 saturated carbocycles. The zero-order valence-corrected chi connectivity index (χ0v) is 11.2. The Morgan fingerprint density at radius 3 is 2.32 bits per heavy atom. The molecule has 0 saturated heterocycles. The van der Waals surface area contributed by atoms with Crippen LogP contribution in [0, 0.1) is 10.1 Å². The van der Waals surface area contributed by atoms with Gasteiger partial charge in [0.2, 0.25) is 5.75 Å². The number of amides is 1. The summed E-state index contributed by atoms with van der Waals surface area (Å²) in [6, 6.07) is 2.81. The van der Waals surface area contributed by atoms with Crippen LogP contribution in [0.4, 0.5) is 10.5 Å². The zero-order valence-electron chi connectivity index (χ0n) is 11.2. The monoisotopic (exact) mass is 268 g/mol. The normalized spacial score (nSPS) is 10.9. The van der Waals surface area contributed by atoms with Crippen molar-refractivity contribution in [3.8, 4) is 11.5 Å². The van der Waals surface area contributed by atoms with E-state index in [1.54, 1.807) is 6.07 Å². The molecule has 2 N–H and O–H groups in total. The van der Waals surface area contributed by atoms with Gasteiger partial charge in [0, 0.05) is 11.6 Å². The van der Waals surface area contributed by atoms with E-state index in [-0.39, 0.29) is 11.4 Å². The van der Waals surface area contributed by atoms with E-state index in [0.717, 1.165) is 0 Å². The van der Waals surface area contributed by atoms with E-state index in [0.29, 0.717) is 11.3 Å². The molecule has 0 spiro atoms.